The second-order valence-electron chi connectivity index (χ2n) is 7.48. The molecule has 12 atom stereocenters. The molecule has 12 unspecified atom stereocenters. The van der Waals surface area contributed by atoms with E-state index < -0.39 is 111 Å². The maximum Gasteiger partial charge on any atom is 3.00 e. The van der Waals surface area contributed by atoms with E-state index in [9.17, 15) is 29.7 Å². The summed E-state index contributed by atoms with van der Waals surface area (Å²) in [6.45, 7) is -2.59. The molecule has 1 radical (unpaired) electrons. The number of carbonyl (C=O) groups excluding carboxylic acids is 3. The van der Waals surface area contributed by atoms with E-state index in [0.717, 1.165) is 0 Å². The van der Waals surface area contributed by atoms with Gasteiger partial charge in [-0.05, 0) is 0 Å². The summed E-state index contributed by atoms with van der Waals surface area (Å²) in [6, 6.07) is 0. The van der Waals surface area contributed by atoms with E-state index in [1.54, 1.807) is 0 Å². The molecule has 0 saturated carbocycles. The van der Waals surface area contributed by atoms with Gasteiger partial charge < -0.3 is 106 Å². The summed E-state index contributed by atoms with van der Waals surface area (Å²) in [5.74, 6) is -5.93. The second-order valence-corrected chi connectivity index (χ2v) is 7.48. The van der Waals surface area contributed by atoms with E-state index in [-0.39, 0.29) is 40.4 Å². The quantitative estimate of drug-likeness (QED) is 0.0742. The molecule has 15 N–H and O–H groups in total. The summed E-state index contributed by atoms with van der Waals surface area (Å²) in [7, 11) is 0. The molecule has 0 heterocycles. The smallest absolute Gasteiger partial charge is 0.547 e. The first-order valence-corrected chi connectivity index (χ1v) is 10.4. The number of carbonyl (C=O) groups is 3. The van der Waals surface area contributed by atoms with Gasteiger partial charge in [-0.1, -0.05) is 0 Å². The zero-order valence-electron chi connectivity index (χ0n) is 20.1. The van der Waals surface area contributed by atoms with Crippen LogP contribution in [0.4, 0.5) is 0 Å². The molecule has 0 spiro atoms. The van der Waals surface area contributed by atoms with E-state index in [2.05, 4.69) is 0 Å². The number of aliphatic carboxylic acids is 3. The van der Waals surface area contributed by atoms with Gasteiger partial charge in [0.15, 0.2) is 0 Å². The van der Waals surface area contributed by atoms with Crippen molar-refractivity contribution in [3.8, 4) is 0 Å². The number of aliphatic hydroxyl groups is 15. The van der Waals surface area contributed by atoms with E-state index in [0.29, 0.717) is 0 Å². The monoisotopic (exact) mass is 737 g/mol. The van der Waals surface area contributed by atoms with Crippen molar-refractivity contribution < 1.29 is 147 Å². The molecular weight excluding hydrogens is 703 g/mol. The fraction of sp³-hybridized carbons (Fsp3) is 0.833. The molecule has 0 rings (SSSR count). The summed E-state index contributed by atoms with van der Waals surface area (Å²) in [4.78, 5) is 29.9. The van der Waals surface area contributed by atoms with Crippen LogP contribution < -0.4 is 15.3 Å². The minimum absolute atomic E-state index is 0. The minimum atomic E-state index is -2.31. The molecule has 0 bridgehead atoms. The topological polar surface area (TPSA) is 424 Å². The summed E-state index contributed by atoms with van der Waals surface area (Å²) in [5.41, 5.74) is 0. The van der Waals surface area contributed by atoms with Crippen LogP contribution in [0.5, 0.6) is 0 Å². The Labute approximate surface area is 256 Å². The first-order chi connectivity index (χ1) is 17.7. The van der Waals surface area contributed by atoms with Gasteiger partial charge in [-0.15, -0.1) is 0 Å². The third kappa shape index (κ3) is 17.2. The van der Waals surface area contributed by atoms with Gasteiger partial charge in [0.1, 0.15) is 73.2 Å². The van der Waals surface area contributed by atoms with Crippen molar-refractivity contribution in [1.29, 1.82) is 0 Å². The van der Waals surface area contributed by atoms with Crippen LogP contribution >= 0.6 is 0 Å². The molecule has 22 heteroatoms. The summed E-state index contributed by atoms with van der Waals surface area (Å²) >= 11 is 0. The van der Waals surface area contributed by atoms with Crippen molar-refractivity contribution in [1.82, 2.24) is 0 Å². The third-order valence-corrected chi connectivity index (χ3v) is 4.49. The standard InChI is InChI=1S/3C6H12O7.Sm/c3*7-1-2(8)3(9)4(10)5(11)6(12)13;/h3*2-5,7-11H,1H2,(H,12,13);/q;;;+3/p-3. The van der Waals surface area contributed by atoms with Crippen LogP contribution in [-0.2, 0) is 14.4 Å². The maximum atomic E-state index is 9.98. The predicted molar refractivity (Wildman–Crippen MR) is 108 cm³/mol. The number of hydrogen-bond donors (Lipinski definition) is 15. The Balaban J connectivity index is -0.000000240. The van der Waals surface area contributed by atoms with Crippen LogP contribution in [0.1, 0.15) is 0 Å². The normalized spacial score (nSPS) is 19.9. The first-order valence-electron chi connectivity index (χ1n) is 10.4. The van der Waals surface area contributed by atoms with Crippen molar-refractivity contribution in [2.75, 3.05) is 19.8 Å². The van der Waals surface area contributed by atoms with Crippen LogP contribution in [-0.4, -0.2) is 188 Å². The fourth-order valence-electron chi connectivity index (χ4n) is 1.99. The Morgan fingerprint density at radius 2 is 0.550 bits per heavy atom. The average molecular weight is 736 g/mol. The molecule has 0 aromatic carbocycles. The van der Waals surface area contributed by atoms with Gasteiger partial charge in [-0.3, -0.25) is 0 Å². The van der Waals surface area contributed by atoms with Crippen molar-refractivity contribution >= 4 is 17.9 Å². The third-order valence-electron chi connectivity index (χ3n) is 4.49. The molecule has 0 fully saturated rings. The van der Waals surface area contributed by atoms with Crippen molar-refractivity contribution in [3.05, 3.63) is 0 Å². The molecule has 237 valence electrons. The minimum Gasteiger partial charge on any atom is -0.547 e. The van der Waals surface area contributed by atoms with Gasteiger partial charge in [0, 0.05) is 0 Å². The van der Waals surface area contributed by atoms with Gasteiger partial charge in [0.25, 0.3) is 0 Å². The molecule has 0 saturated heterocycles. The number of aliphatic hydroxyl groups excluding tert-OH is 15. The summed E-state index contributed by atoms with van der Waals surface area (Å²) in [6.07, 6.45) is -24.2. The average Bonchev–Trinajstić information content (AvgIpc) is 2.92. The van der Waals surface area contributed by atoms with Crippen LogP contribution in [0.3, 0.4) is 0 Å². The van der Waals surface area contributed by atoms with Crippen LogP contribution in [0.25, 0.3) is 0 Å². The van der Waals surface area contributed by atoms with E-state index in [1.807, 2.05) is 0 Å². The number of rotatable bonds is 15. The van der Waals surface area contributed by atoms with Crippen LogP contribution in [0.2, 0.25) is 0 Å². The number of hydrogen-bond acceptors (Lipinski definition) is 21. The Morgan fingerprint density at radius 3 is 0.650 bits per heavy atom. The first kappa shape index (κ1) is 46.1. The van der Waals surface area contributed by atoms with Gasteiger partial charge >= 0.3 is 40.4 Å². The predicted octanol–water partition coefficient (Wildman–Crippen LogP) is -14.5. The van der Waals surface area contributed by atoms with Gasteiger partial charge in [-0.25, -0.2) is 0 Å². The summed E-state index contributed by atoms with van der Waals surface area (Å²) in [5, 5.41) is 160. The maximum absolute atomic E-state index is 9.98. The fourth-order valence-corrected chi connectivity index (χ4v) is 1.99. The number of carboxylic acids is 3. The van der Waals surface area contributed by atoms with Crippen molar-refractivity contribution in [2.45, 2.75) is 73.2 Å². The molecular formula is C18H33O21Sm. The van der Waals surface area contributed by atoms with Gasteiger partial charge in [0.2, 0.25) is 0 Å². The van der Waals surface area contributed by atoms with Crippen LogP contribution in [0.15, 0.2) is 0 Å². The summed E-state index contributed by atoms with van der Waals surface area (Å²) < 4.78 is 0. The molecule has 0 aliphatic rings. The molecule has 0 amide bonds. The Bertz CT molecular complexity index is 608. The SMILES string of the molecule is O=C([O-])C(O)C(O)C(O)C(O)CO.O=C([O-])C(O)C(O)C(O)C(O)CO.O=C([O-])C(O)C(O)C(O)C(O)CO.[Sm+3]. The molecule has 0 aromatic heterocycles. The van der Waals surface area contributed by atoms with E-state index in [1.165, 1.54) is 0 Å². The second kappa shape index (κ2) is 23.7. The molecule has 0 aromatic rings. The Morgan fingerprint density at radius 1 is 0.400 bits per heavy atom. The van der Waals surface area contributed by atoms with Crippen LogP contribution in [0, 0.1) is 40.4 Å². The largest absolute Gasteiger partial charge is 3.00 e. The van der Waals surface area contributed by atoms with Gasteiger partial charge in [-0.2, -0.15) is 0 Å². The van der Waals surface area contributed by atoms with Gasteiger partial charge in [0.05, 0.1) is 37.7 Å². The Kier molecular flexibility index (Phi) is 27.3. The molecule has 21 nitrogen and oxygen atoms in total. The number of carboxylic acid groups (broad SMARTS) is 3. The Hall–Kier alpha value is -0.852. The van der Waals surface area contributed by atoms with Crippen molar-refractivity contribution in [2.24, 2.45) is 0 Å². The molecule has 0 aliphatic heterocycles. The molecule has 0 aliphatic carbocycles. The van der Waals surface area contributed by atoms with E-state index in [4.69, 9.17) is 76.6 Å². The molecule has 40 heavy (non-hydrogen) atoms. The van der Waals surface area contributed by atoms with Crippen molar-refractivity contribution in [3.63, 3.8) is 0 Å². The zero-order valence-corrected chi connectivity index (χ0v) is 22.7. The zero-order chi connectivity index (χ0) is 31.8. The van der Waals surface area contributed by atoms with E-state index >= 15 is 0 Å².